The van der Waals surface area contributed by atoms with Gasteiger partial charge in [0.25, 0.3) is 0 Å². The number of ether oxygens (including phenoxy) is 1. The van der Waals surface area contributed by atoms with Crippen molar-refractivity contribution in [1.82, 2.24) is 19.0 Å². The molecule has 1 heterocycles. The Morgan fingerprint density at radius 1 is 0.976 bits per heavy atom. The Kier molecular flexibility index (Phi) is 13.7. The van der Waals surface area contributed by atoms with Gasteiger partial charge >= 0.3 is 0 Å². The summed E-state index contributed by atoms with van der Waals surface area (Å²) in [6, 6.07) is 4.59. The number of hydrogen-bond donors (Lipinski definition) is 0. The highest BCUT2D eigenvalue weighted by molar-refractivity contribution is 7.89. The van der Waals surface area contributed by atoms with Crippen LogP contribution in [0.1, 0.15) is 69.9 Å². The molecule has 0 N–H and O–H groups in total. The van der Waals surface area contributed by atoms with Crippen molar-refractivity contribution in [2.75, 3.05) is 61.5 Å². The van der Waals surface area contributed by atoms with Crippen molar-refractivity contribution in [2.24, 2.45) is 5.92 Å². The monoisotopic (exact) mass is 594 g/mol. The molecule has 1 aliphatic heterocycles. The largest absolute Gasteiger partial charge is 0.497 e. The molecule has 3 rings (SSSR count). The second-order valence-electron chi connectivity index (χ2n) is 12.1. The summed E-state index contributed by atoms with van der Waals surface area (Å²) in [5.41, 5.74) is 1.23. The van der Waals surface area contributed by atoms with Crippen molar-refractivity contribution in [3.8, 4) is 5.75 Å². The molecule has 234 valence electrons. The lowest BCUT2D eigenvalue weighted by Crippen LogP contribution is -2.40. The molecule has 1 saturated heterocycles. The molecule has 9 nitrogen and oxygen atoms in total. The Balaban J connectivity index is 0.000000287. The summed E-state index contributed by atoms with van der Waals surface area (Å²) >= 11 is 0. The van der Waals surface area contributed by atoms with Gasteiger partial charge < -0.3 is 19.4 Å². The fourth-order valence-corrected chi connectivity index (χ4v) is 7.58. The van der Waals surface area contributed by atoms with E-state index in [1.54, 1.807) is 32.9 Å². The van der Waals surface area contributed by atoms with Crippen molar-refractivity contribution in [3.05, 3.63) is 23.3 Å². The molecule has 1 atom stereocenters. The summed E-state index contributed by atoms with van der Waals surface area (Å²) in [7, 11) is 5.63. The highest BCUT2D eigenvalue weighted by Gasteiger charge is 2.30. The van der Waals surface area contributed by atoms with Crippen LogP contribution in [0.25, 0.3) is 0 Å². The summed E-state index contributed by atoms with van der Waals surface area (Å²) in [5.74, 6) is 1.59. The van der Waals surface area contributed by atoms with Gasteiger partial charge in [-0.2, -0.15) is 4.31 Å². The maximum atomic E-state index is 12.6. The molecule has 10 heteroatoms. The smallest absolute Gasteiger partial charge is 0.243 e. The van der Waals surface area contributed by atoms with E-state index in [1.165, 1.54) is 65.9 Å². The van der Waals surface area contributed by atoms with Crippen LogP contribution in [0.4, 0.5) is 0 Å². The van der Waals surface area contributed by atoms with Crippen LogP contribution in [0.15, 0.2) is 17.0 Å². The predicted octanol–water partition coefficient (Wildman–Crippen LogP) is 3.96. The topological polar surface area (TPSA) is 90.5 Å². The van der Waals surface area contributed by atoms with E-state index in [1.807, 2.05) is 18.9 Å². The molecule has 0 bridgehead atoms. The van der Waals surface area contributed by atoms with Crippen molar-refractivity contribution < 1.29 is 22.7 Å². The van der Waals surface area contributed by atoms with E-state index in [0.717, 1.165) is 16.3 Å². The Morgan fingerprint density at radius 3 is 2.02 bits per heavy atom. The Morgan fingerprint density at radius 2 is 1.56 bits per heavy atom. The van der Waals surface area contributed by atoms with E-state index in [4.69, 9.17) is 4.74 Å². The highest BCUT2D eigenvalue weighted by Crippen LogP contribution is 2.29. The molecule has 1 unspecified atom stereocenters. The second kappa shape index (κ2) is 16.0. The normalized spacial score (nSPS) is 21.5. The quantitative estimate of drug-likeness (QED) is 0.383. The van der Waals surface area contributed by atoms with Crippen LogP contribution in [-0.4, -0.2) is 113 Å². The number of aryl methyl sites for hydroxylation is 2. The summed E-state index contributed by atoms with van der Waals surface area (Å²) in [6.07, 6.45) is 7.36. The first kappa shape index (κ1) is 35.2. The Hall–Kier alpha value is -2.01. The molecule has 1 aromatic rings. The van der Waals surface area contributed by atoms with Crippen LogP contribution < -0.4 is 4.74 Å². The number of carbonyl (C=O) groups is 2. The SMILES string of the molecule is CC(=O)N(C)C1CCC(CN2CCC(N(C)C)C2)CC1.CCCC(=O)CN(C)S(=O)(=O)c1c(C)cc(OC)cc1C. The van der Waals surface area contributed by atoms with Crippen LogP contribution in [-0.2, 0) is 19.6 Å². The lowest BCUT2D eigenvalue weighted by atomic mass is 9.85. The number of likely N-dealkylation sites (tertiary alicyclic amines) is 1. The number of rotatable bonds is 11. The molecule has 2 aliphatic rings. The third kappa shape index (κ3) is 10.0. The predicted molar refractivity (Wildman–Crippen MR) is 165 cm³/mol. The molecule has 41 heavy (non-hydrogen) atoms. The number of nitrogens with zero attached hydrogens (tertiary/aromatic N) is 4. The molecule has 0 radical (unpaired) electrons. The Labute approximate surface area is 249 Å². The lowest BCUT2D eigenvalue weighted by molar-refractivity contribution is -0.130. The van der Waals surface area contributed by atoms with Crippen molar-refractivity contribution in [3.63, 3.8) is 0 Å². The summed E-state index contributed by atoms with van der Waals surface area (Å²) in [5, 5.41) is 0. The average molecular weight is 595 g/mol. The zero-order valence-corrected chi connectivity index (χ0v) is 27.7. The number of likely N-dealkylation sites (N-methyl/N-ethyl adjacent to an activating group) is 2. The van der Waals surface area contributed by atoms with Gasteiger partial charge in [0, 0.05) is 52.6 Å². The molecule has 1 saturated carbocycles. The first-order chi connectivity index (χ1) is 19.2. The lowest BCUT2D eigenvalue weighted by Gasteiger charge is -2.35. The third-order valence-corrected chi connectivity index (χ3v) is 10.7. The highest BCUT2D eigenvalue weighted by atomic mass is 32.2. The van der Waals surface area contributed by atoms with Gasteiger partial charge in [-0.3, -0.25) is 9.59 Å². The fraction of sp³-hybridized carbons (Fsp3) is 0.742. The first-order valence-corrected chi connectivity index (χ1v) is 16.4. The van der Waals surface area contributed by atoms with Gasteiger partial charge in [-0.1, -0.05) is 6.92 Å². The molecule has 1 aromatic carbocycles. The van der Waals surface area contributed by atoms with Gasteiger partial charge in [-0.25, -0.2) is 8.42 Å². The molecule has 2 fully saturated rings. The van der Waals surface area contributed by atoms with Gasteiger partial charge in [0.15, 0.2) is 0 Å². The van der Waals surface area contributed by atoms with Crippen LogP contribution >= 0.6 is 0 Å². The van der Waals surface area contributed by atoms with Crippen molar-refractivity contribution in [2.45, 2.75) is 89.6 Å². The van der Waals surface area contributed by atoms with E-state index in [0.29, 0.717) is 35.8 Å². The summed E-state index contributed by atoms with van der Waals surface area (Å²) < 4.78 is 31.5. The van der Waals surface area contributed by atoms with Crippen molar-refractivity contribution in [1.29, 1.82) is 0 Å². The molecule has 1 aliphatic carbocycles. The number of carbonyl (C=O) groups excluding carboxylic acids is 2. The molecular formula is C31H54N4O5S. The minimum absolute atomic E-state index is 0.0765. The molecule has 0 spiro atoms. The zero-order valence-electron chi connectivity index (χ0n) is 26.9. The van der Waals surface area contributed by atoms with Gasteiger partial charge in [-0.05, 0) is 102 Å². The van der Waals surface area contributed by atoms with Crippen LogP contribution in [0.2, 0.25) is 0 Å². The molecule has 0 aromatic heterocycles. The average Bonchev–Trinajstić information content (AvgIpc) is 3.37. The van der Waals surface area contributed by atoms with E-state index in [2.05, 4.69) is 23.9 Å². The second-order valence-corrected chi connectivity index (χ2v) is 14.1. The molecule has 1 amide bonds. The van der Waals surface area contributed by atoms with E-state index in [9.17, 15) is 18.0 Å². The standard InChI is InChI=1S/C16H31N3O.C15H23NO4S/c1-13(20)18(4)15-7-5-14(6-8-15)11-19-10-9-16(12-19)17(2)3;1-6-7-13(17)10-16(4)21(18,19)15-11(2)8-14(20-5)9-12(15)3/h14-16H,5-12H2,1-4H3;8-9H,6-7,10H2,1-5H3. The number of ketones is 1. The van der Waals surface area contributed by atoms with Gasteiger partial charge in [0.2, 0.25) is 15.9 Å². The number of benzene rings is 1. The van der Waals surface area contributed by atoms with E-state index < -0.39 is 10.0 Å². The van der Waals surface area contributed by atoms with E-state index >= 15 is 0 Å². The summed E-state index contributed by atoms with van der Waals surface area (Å²) in [6.45, 7) is 10.7. The minimum Gasteiger partial charge on any atom is -0.497 e. The zero-order chi connectivity index (χ0) is 30.9. The number of Topliss-reactive ketones (excluding diaryl/α,β-unsaturated/α-hetero) is 1. The van der Waals surface area contributed by atoms with Gasteiger partial charge in [-0.15, -0.1) is 0 Å². The van der Waals surface area contributed by atoms with E-state index in [-0.39, 0.29) is 23.1 Å². The van der Waals surface area contributed by atoms with Crippen molar-refractivity contribution >= 4 is 21.7 Å². The van der Waals surface area contributed by atoms with Crippen LogP contribution in [0.5, 0.6) is 5.75 Å². The van der Waals surface area contributed by atoms with Gasteiger partial charge in [0.05, 0.1) is 18.6 Å². The number of amides is 1. The first-order valence-electron chi connectivity index (χ1n) is 15.0. The number of sulfonamides is 1. The van der Waals surface area contributed by atoms with Crippen LogP contribution in [0.3, 0.4) is 0 Å². The number of methoxy groups -OCH3 is 1. The maximum absolute atomic E-state index is 12.6. The fourth-order valence-electron chi connectivity index (χ4n) is 6.02. The Bertz CT molecular complexity index is 1090. The van der Waals surface area contributed by atoms with Crippen LogP contribution in [0, 0.1) is 19.8 Å². The molecular weight excluding hydrogens is 540 g/mol. The third-order valence-electron chi connectivity index (χ3n) is 8.62. The van der Waals surface area contributed by atoms with Gasteiger partial charge in [0.1, 0.15) is 11.5 Å². The maximum Gasteiger partial charge on any atom is 0.243 e. The summed E-state index contributed by atoms with van der Waals surface area (Å²) in [4.78, 5) is 30.3. The number of hydrogen-bond acceptors (Lipinski definition) is 7. The minimum atomic E-state index is -3.68.